The number of hydrogen-bond acceptors (Lipinski definition) is 5. The van der Waals surface area contributed by atoms with Crippen LogP contribution in [-0.2, 0) is 14.3 Å². The fraction of sp³-hybridized carbons (Fsp3) is 0.846. The van der Waals surface area contributed by atoms with Crippen molar-refractivity contribution >= 4 is 5.97 Å². The van der Waals surface area contributed by atoms with Crippen LogP contribution in [0.4, 0.5) is 0 Å². The molecular weight excluding hydrogens is 388 g/mol. The maximum absolute atomic E-state index is 12.8. The van der Waals surface area contributed by atoms with Crippen molar-refractivity contribution in [1.82, 2.24) is 0 Å². The second kappa shape index (κ2) is 23.1. The topological polar surface area (TPSA) is 83.1 Å². The molecule has 0 spiro atoms. The average Bonchev–Trinajstić information content (AvgIpc) is 2.77. The van der Waals surface area contributed by atoms with E-state index in [1.807, 2.05) is 0 Å². The molecule has 1 unspecified atom stereocenters. The molecular formula is C26H45N2O3. The van der Waals surface area contributed by atoms with Crippen molar-refractivity contribution < 1.29 is 14.3 Å². The molecule has 0 aliphatic rings. The van der Waals surface area contributed by atoms with Crippen LogP contribution in [0, 0.1) is 28.6 Å². The Hall–Kier alpha value is -1.59. The summed E-state index contributed by atoms with van der Waals surface area (Å²) in [5.74, 6) is 0.581. The molecule has 0 rings (SSSR count). The van der Waals surface area contributed by atoms with E-state index in [9.17, 15) is 4.79 Å². The lowest BCUT2D eigenvalue weighted by atomic mass is 9.96. The molecule has 0 heterocycles. The lowest BCUT2D eigenvalue weighted by Gasteiger charge is -2.21. The molecule has 1 radical (unpaired) electrons. The smallest absolute Gasteiger partial charge is 0.313 e. The number of esters is 1. The van der Waals surface area contributed by atoms with Crippen molar-refractivity contribution in [2.45, 2.75) is 129 Å². The molecule has 31 heavy (non-hydrogen) atoms. The van der Waals surface area contributed by atoms with Gasteiger partial charge in [0.1, 0.15) is 6.10 Å². The third-order valence-corrected chi connectivity index (χ3v) is 5.44. The van der Waals surface area contributed by atoms with Gasteiger partial charge in [0.2, 0.25) is 0 Å². The van der Waals surface area contributed by atoms with Gasteiger partial charge in [0.15, 0.2) is 0 Å². The minimum Gasteiger partial charge on any atom is -0.462 e. The molecule has 5 nitrogen and oxygen atoms in total. The van der Waals surface area contributed by atoms with E-state index in [4.69, 9.17) is 20.0 Å². The number of unbranched alkanes of at least 4 members (excludes halogenated alkanes) is 8. The SMILES string of the molecule is CCCCOCCCCCC[C](CCC#N)C(=O)OC(CCC)CCCCCCC#N. The normalized spacial score (nSPS) is 11.8. The molecule has 5 heteroatoms. The summed E-state index contributed by atoms with van der Waals surface area (Å²) >= 11 is 0. The Morgan fingerprint density at radius 3 is 2.13 bits per heavy atom. The van der Waals surface area contributed by atoms with Gasteiger partial charge in [0.05, 0.1) is 18.1 Å². The Morgan fingerprint density at radius 1 is 0.742 bits per heavy atom. The summed E-state index contributed by atoms with van der Waals surface area (Å²) < 4.78 is 11.4. The Labute approximate surface area is 191 Å². The molecule has 0 fully saturated rings. The molecule has 177 valence electrons. The van der Waals surface area contributed by atoms with E-state index in [1.165, 1.54) is 6.42 Å². The van der Waals surface area contributed by atoms with Crippen LogP contribution in [0.25, 0.3) is 0 Å². The van der Waals surface area contributed by atoms with E-state index in [-0.39, 0.29) is 12.1 Å². The van der Waals surface area contributed by atoms with Gasteiger partial charge in [0.25, 0.3) is 0 Å². The third-order valence-electron chi connectivity index (χ3n) is 5.44. The van der Waals surface area contributed by atoms with Crippen LogP contribution in [-0.4, -0.2) is 25.3 Å². The summed E-state index contributed by atoms with van der Waals surface area (Å²) in [6, 6.07) is 4.34. The van der Waals surface area contributed by atoms with Gasteiger partial charge in [-0.15, -0.1) is 0 Å². The zero-order chi connectivity index (χ0) is 23.0. The zero-order valence-corrected chi connectivity index (χ0v) is 20.1. The summed E-state index contributed by atoms with van der Waals surface area (Å²) in [5.41, 5.74) is 0. The van der Waals surface area contributed by atoms with Gasteiger partial charge in [0, 0.05) is 26.1 Å². The van der Waals surface area contributed by atoms with Crippen LogP contribution in [0.1, 0.15) is 123 Å². The first kappa shape index (κ1) is 29.4. The average molecular weight is 434 g/mol. The number of rotatable bonds is 22. The molecule has 0 saturated heterocycles. The first-order chi connectivity index (χ1) is 15.2. The Bertz CT molecular complexity index is 496. The maximum atomic E-state index is 12.8. The van der Waals surface area contributed by atoms with Crippen molar-refractivity contribution in [3.8, 4) is 12.1 Å². The van der Waals surface area contributed by atoms with E-state index in [1.54, 1.807) is 0 Å². The van der Waals surface area contributed by atoms with Gasteiger partial charge < -0.3 is 9.47 Å². The Balaban J connectivity index is 4.24. The largest absolute Gasteiger partial charge is 0.462 e. The zero-order valence-electron chi connectivity index (χ0n) is 20.1. The number of carbonyl (C=O) groups is 1. The molecule has 0 bridgehead atoms. The predicted octanol–water partition coefficient (Wildman–Crippen LogP) is 7.21. The van der Waals surface area contributed by atoms with Gasteiger partial charge >= 0.3 is 5.97 Å². The second-order valence-corrected chi connectivity index (χ2v) is 8.32. The van der Waals surface area contributed by atoms with Crippen molar-refractivity contribution in [1.29, 1.82) is 10.5 Å². The number of nitrogens with zero attached hydrogens (tertiary/aromatic N) is 2. The summed E-state index contributed by atoms with van der Waals surface area (Å²) in [5, 5.41) is 17.6. The van der Waals surface area contributed by atoms with E-state index < -0.39 is 0 Å². The summed E-state index contributed by atoms with van der Waals surface area (Å²) in [7, 11) is 0. The molecule has 0 amide bonds. The highest BCUT2D eigenvalue weighted by Crippen LogP contribution is 2.23. The quantitative estimate of drug-likeness (QED) is 0.133. The molecule has 0 N–H and O–H groups in total. The molecule has 1 atom stereocenters. The second-order valence-electron chi connectivity index (χ2n) is 8.32. The fourth-order valence-electron chi connectivity index (χ4n) is 3.53. The van der Waals surface area contributed by atoms with Crippen LogP contribution in [0.2, 0.25) is 0 Å². The first-order valence-electron chi connectivity index (χ1n) is 12.6. The molecule has 0 saturated carbocycles. The lowest BCUT2D eigenvalue weighted by molar-refractivity contribution is -0.148. The van der Waals surface area contributed by atoms with Crippen LogP contribution in [0.5, 0.6) is 0 Å². The van der Waals surface area contributed by atoms with Crippen LogP contribution < -0.4 is 0 Å². The number of nitriles is 2. The van der Waals surface area contributed by atoms with Crippen molar-refractivity contribution in [3.05, 3.63) is 5.92 Å². The number of carbonyl (C=O) groups excluding carboxylic acids is 1. The Kier molecular flexibility index (Phi) is 21.9. The van der Waals surface area contributed by atoms with E-state index in [2.05, 4.69) is 26.0 Å². The van der Waals surface area contributed by atoms with Crippen molar-refractivity contribution in [3.63, 3.8) is 0 Å². The fourth-order valence-corrected chi connectivity index (χ4v) is 3.53. The minimum absolute atomic E-state index is 0.0363. The number of hydrogen-bond donors (Lipinski definition) is 0. The predicted molar refractivity (Wildman–Crippen MR) is 125 cm³/mol. The molecule has 0 aromatic rings. The van der Waals surface area contributed by atoms with Gasteiger partial charge in [-0.25, -0.2) is 0 Å². The van der Waals surface area contributed by atoms with Crippen LogP contribution in [0.3, 0.4) is 0 Å². The maximum Gasteiger partial charge on any atom is 0.313 e. The van der Waals surface area contributed by atoms with Gasteiger partial charge in [-0.1, -0.05) is 58.8 Å². The third kappa shape index (κ3) is 18.9. The highest BCUT2D eigenvalue weighted by molar-refractivity contribution is 5.84. The van der Waals surface area contributed by atoms with Crippen LogP contribution in [0.15, 0.2) is 0 Å². The van der Waals surface area contributed by atoms with E-state index in [0.29, 0.717) is 19.3 Å². The lowest BCUT2D eigenvalue weighted by Crippen LogP contribution is -2.23. The van der Waals surface area contributed by atoms with E-state index in [0.717, 1.165) is 103 Å². The Morgan fingerprint density at radius 2 is 1.42 bits per heavy atom. The van der Waals surface area contributed by atoms with Gasteiger partial charge in [-0.3, -0.25) is 4.79 Å². The van der Waals surface area contributed by atoms with Gasteiger partial charge in [-0.05, 0) is 51.4 Å². The highest BCUT2D eigenvalue weighted by Gasteiger charge is 2.23. The van der Waals surface area contributed by atoms with Crippen LogP contribution >= 0.6 is 0 Å². The summed E-state index contributed by atoms with van der Waals surface area (Å²) in [4.78, 5) is 12.8. The molecule has 0 aromatic heterocycles. The summed E-state index contributed by atoms with van der Waals surface area (Å²) in [6.07, 6.45) is 15.6. The highest BCUT2D eigenvalue weighted by atomic mass is 16.5. The standard InChI is InChI=1S/C26H45N2O3/c1-3-5-22-30-23-14-10-8-11-17-24(18-15-21-28)26(29)31-25(16-4-2)19-12-7-6-9-13-20-27/h25H,3-19,22-23H2,1-2H3. The van der Waals surface area contributed by atoms with E-state index >= 15 is 0 Å². The minimum atomic E-state index is -0.193. The molecule has 0 aliphatic carbocycles. The van der Waals surface area contributed by atoms with Crippen molar-refractivity contribution in [2.24, 2.45) is 0 Å². The van der Waals surface area contributed by atoms with Crippen molar-refractivity contribution in [2.75, 3.05) is 13.2 Å². The summed E-state index contributed by atoms with van der Waals surface area (Å²) in [6.45, 7) is 5.95. The van der Waals surface area contributed by atoms with Gasteiger partial charge in [-0.2, -0.15) is 10.5 Å². The molecule has 0 aromatic carbocycles. The monoisotopic (exact) mass is 433 g/mol. The first-order valence-corrected chi connectivity index (χ1v) is 12.6. The molecule has 0 aliphatic heterocycles. The number of ether oxygens (including phenoxy) is 2.